The second-order valence-electron chi connectivity index (χ2n) is 18.9. The van der Waals surface area contributed by atoms with E-state index in [2.05, 4.69) is 6.92 Å². The minimum Gasteiger partial charge on any atom is -0.469 e. The van der Waals surface area contributed by atoms with Gasteiger partial charge >= 0.3 is 5.97 Å². The molecular formula is C44H76O15. The van der Waals surface area contributed by atoms with Gasteiger partial charge < -0.3 is 66.7 Å². The van der Waals surface area contributed by atoms with Crippen LogP contribution < -0.4 is 0 Å². The Morgan fingerprint density at radius 1 is 0.559 bits per heavy atom. The van der Waals surface area contributed by atoms with Gasteiger partial charge in [-0.05, 0) is 81.6 Å². The van der Waals surface area contributed by atoms with E-state index in [4.69, 9.17) is 61.6 Å². The number of ether oxygens (including phenoxy) is 13. The smallest absolute Gasteiger partial charge is 0.305 e. The van der Waals surface area contributed by atoms with Crippen molar-refractivity contribution in [2.45, 2.75) is 268 Å². The highest BCUT2D eigenvalue weighted by atomic mass is 16.8. The molecule has 0 unspecified atom stereocenters. The van der Waals surface area contributed by atoms with Crippen molar-refractivity contribution in [1.82, 2.24) is 0 Å². The van der Waals surface area contributed by atoms with Crippen LogP contribution in [0.1, 0.15) is 153 Å². The summed E-state index contributed by atoms with van der Waals surface area (Å²) in [5, 5.41) is 10.9. The quantitative estimate of drug-likeness (QED) is 0.104. The van der Waals surface area contributed by atoms with E-state index in [0.29, 0.717) is 6.42 Å². The number of fused-ring (bicyclic) bond motifs is 3. The molecule has 15 nitrogen and oxygen atoms in total. The first-order valence-electron chi connectivity index (χ1n) is 22.7. The van der Waals surface area contributed by atoms with Crippen LogP contribution in [-0.2, 0) is 66.4 Å². The number of carbonyl (C=O) groups excluding carboxylic acids is 1. The van der Waals surface area contributed by atoms with Crippen LogP contribution in [-0.4, -0.2) is 134 Å². The van der Waals surface area contributed by atoms with Crippen molar-refractivity contribution in [3.05, 3.63) is 0 Å². The standard InChI is InChI=1S/C44H76O15/c1-12-13-19-22-28(23-20-17-15-14-16-18-21-24-29(45)47-11)51-39-37-34(55-43(7,8)58-37)31(26(3)49-39)53-41-38-35(56-44(9,10)59-38)32(27(4)50-41)52-40-36-33(30(46)25(2)48-40)54-42(5,6)57-36/h25-28,30-41,46H,12-24H2,1-11H3/t25-,26-,27-,28-,30-,31-,32-,33+,34+,35+,36+,37+,38+,39-,40-,41-/m0/s1. The molecule has 0 aliphatic carbocycles. The Morgan fingerprint density at radius 3 is 1.49 bits per heavy atom. The molecule has 0 saturated carbocycles. The molecule has 0 aromatic rings. The highest BCUT2D eigenvalue weighted by molar-refractivity contribution is 5.68. The van der Waals surface area contributed by atoms with Gasteiger partial charge in [-0.3, -0.25) is 4.79 Å². The summed E-state index contributed by atoms with van der Waals surface area (Å²) < 4.78 is 83.0. The molecular weight excluding hydrogens is 768 g/mol. The molecule has 6 rings (SSSR count). The number of rotatable bonds is 20. The number of hydrogen-bond donors (Lipinski definition) is 1. The number of aliphatic hydroxyl groups excluding tert-OH is 1. The van der Waals surface area contributed by atoms with E-state index in [0.717, 1.165) is 77.0 Å². The number of aliphatic hydroxyl groups is 1. The number of esters is 1. The topological polar surface area (TPSA) is 157 Å². The fourth-order valence-electron chi connectivity index (χ4n) is 9.49. The zero-order valence-corrected chi connectivity index (χ0v) is 37.6. The first-order valence-corrected chi connectivity index (χ1v) is 22.7. The molecule has 6 saturated heterocycles. The highest BCUT2D eigenvalue weighted by Gasteiger charge is 2.62. The average molecular weight is 845 g/mol. The van der Waals surface area contributed by atoms with Crippen LogP contribution in [0.25, 0.3) is 0 Å². The van der Waals surface area contributed by atoms with E-state index in [1.54, 1.807) is 6.92 Å². The summed E-state index contributed by atoms with van der Waals surface area (Å²) >= 11 is 0. The van der Waals surface area contributed by atoms with Gasteiger partial charge in [-0.15, -0.1) is 0 Å². The van der Waals surface area contributed by atoms with Crippen molar-refractivity contribution in [2.24, 2.45) is 0 Å². The molecule has 0 aromatic heterocycles. The second kappa shape index (κ2) is 20.2. The van der Waals surface area contributed by atoms with Crippen molar-refractivity contribution in [3.63, 3.8) is 0 Å². The molecule has 15 heteroatoms. The van der Waals surface area contributed by atoms with Gasteiger partial charge in [-0.2, -0.15) is 0 Å². The summed E-state index contributed by atoms with van der Waals surface area (Å²) in [7, 11) is 1.44. The Balaban J connectivity index is 1.08. The third-order valence-corrected chi connectivity index (χ3v) is 12.4. The Morgan fingerprint density at radius 2 is 0.966 bits per heavy atom. The van der Waals surface area contributed by atoms with Gasteiger partial charge in [-0.25, -0.2) is 0 Å². The summed E-state index contributed by atoms with van der Waals surface area (Å²) in [5.74, 6) is -2.89. The molecule has 0 amide bonds. The monoisotopic (exact) mass is 845 g/mol. The Kier molecular flexibility index (Phi) is 16.2. The van der Waals surface area contributed by atoms with Gasteiger partial charge in [0.25, 0.3) is 0 Å². The fraction of sp³-hybridized carbons (Fsp3) is 0.977. The van der Waals surface area contributed by atoms with Crippen molar-refractivity contribution >= 4 is 5.97 Å². The van der Waals surface area contributed by atoms with E-state index in [-0.39, 0.29) is 12.1 Å². The van der Waals surface area contributed by atoms with Gasteiger partial charge in [0.1, 0.15) is 54.9 Å². The first-order chi connectivity index (χ1) is 27.9. The summed E-state index contributed by atoms with van der Waals surface area (Å²) in [6.07, 6.45) is 3.93. The van der Waals surface area contributed by atoms with Crippen molar-refractivity contribution in [3.8, 4) is 0 Å². The number of hydrogen-bond acceptors (Lipinski definition) is 15. The van der Waals surface area contributed by atoms with Crippen LogP contribution in [0.15, 0.2) is 0 Å². The number of carbonyl (C=O) groups is 1. The minimum atomic E-state index is -0.954. The predicted molar refractivity (Wildman–Crippen MR) is 213 cm³/mol. The normalized spacial score (nSPS) is 41.3. The lowest BCUT2D eigenvalue weighted by molar-refractivity contribution is -0.354. The van der Waals surface area contributed by atoms with Crippen LogP contribution in [0.5, 0.6) is 0 Å². The minimum absolute atomic E-state index is 0.0256. The Bertz CT molecular complexity index is 1330. The van der Waals surface area contributed by atoms with Crippen molar-refractivity contribution < 1.29 is 71.5 Å². The third-order valence-electron chi connectivity index (χ3n) is 12.4. The lowest BCUT2D eigenvalue weighted by atomic mass is 9.96. The molecule has 0 radical (unpaired) electrons. The highest BCUT2D eigenvalue weighted by Crippen LogP contribution is 2.45. The van der Waals surface area contributed by atoms with Crippen LogP contribution >= 0.6 is 0 Å². The zero-order valence-electron chi connectivity index (χ0n) is 37.6. The zero-order chi connectivity index (χ0) is 42.7. The van der Waals surface area contributed by atoms with Crippen LogP contribution in [0.2, 0.25) is 0 Å². The lowest BCUT2D eigenvalue weighted by Gasteiger charge is -2.47. The molecule has 0 aromatic carbocycles. The van der Waals surface area contributed by atoms with Gasteiger partial charge in [0.2, 0.25) is 0 Å². The molecule has 16 atom stereocenters. The Hall–Kier alpha value is -1.05. The summed E-state index contributed by atoms with van der Waals surface area (Å²) in [5.41, 5.74) is 0. The maximum Gasteiger partial charge on any atom is 0.305 e. The van der Waals surface area contributed by atoms with E-state index in [9.17, 15) is 9.90 Å². The van der Waals surface area contributed by atoms with Crippen LogP contribution in [0.4, 0.5) is 0 Å². The molecule has 6 heterocycles. The van der Waals surface area contributed by atoms with Gasteiger partial charge in [0.05, 0.1) is 31.5 Å². The number of unbranched alkanes of at least 4 members (excludes halogenated alkanes) is 8. The molecule has 0 bridgehead atoms. The van der Waals surface area contributed by atoms with E-state index in [1.807, 2.05) is 55.4 Å². The lowest BCUT2D eigenvalue weighted by Crippen LogP contribution is -2.64. The molecule has 1 N–H and O–H groups in total. The first kappa shape index (κ1) is 47.4. The second-order valence-corrected chi connectivity index (χ2v) is 18.9. The van der Waals surface area contributed by atoms with Gasteiger partial charge in [0.15, 0.2) is 36.2 Å². The fourth-order valence-corrected chi connectivity index (χ4v) is 9.49. The maximum absolute atomic E-state index is 11.4. The Labute approximate surface area is 352 Å². The predicted octanol–water partition coefficient (Wildman–Crippen LogP) is 6.56. The summed E-state index contributed by atoms with van der Waals surface area (Å²) in [6.45, 7) is 19.1. The molecule has 6 aliphatic rings. The molecule has 6 fully saturated rings. The summed E-state index contributed by atoms with van der Waals surface area (Å²) in [4.78, 5) is 11.4. The molecule has 0 spiro atoms. The average Bonchev–Trinajstić information content (AvgIpc) is 3.80. The van der Waals surface area contributed by atoms with Crippen molar-refractivity contribution in [2.75, 3.05) is 7.11 Å². The number of methoxy groups -OCH3 is 1. The maximum atomic E-state index is 11.4. The van der Waals surface area contributed by atoms with E-state index < -0.39 is 109 Å². The van der Waals surface area contributed by atoms with Crippen LogP contribution in [0, 0.1) is 0 Å². The van der Waals surface area contributed by atoms with E-state index >= 15 is 0 Å². The molecule has 59 heavy (non-hydrogen) atoms. The van der Waals surface area contributed by atoms with E-state index in [1.165, 1.54) is 7.11 Å². The van der Waals surface area contributed by atoms with Crippen LogP contribution in [0.3, 0.4) is 0 Å². The SMILES string of the molecule is CCCCC[C@@H](CCCCCCCCCC(=O)OC)O[C@@H]1O[C@@H](C)[C@H](O[C@@H]2O[C@@H](C)[C@H](O[C@@H]3O[C@@H](C)[C@H](O)[C@H]4OC(C)(C)O[C@@H]34)[C@H]3OC(C)(C)O[C@@H]23)[C@H]2OC(C)(C)O[C@@H]12. The van der Waals surface area contributed by atoms with Gasteiger partial charge in [0, 0.05) is 6.42 Å². The largest absolute Gasteiger partial charge is 0.469 e. The molecule has 6 aliphatic heterocycles. The third kappa shape index (κ3) is 12.0. The summed E-state index contributed by atoms with van der Waals surface area (Å²) in [6, 6.07) is 0. The van der Waals surface area contributed by atoms with Crippen molar-refractivity contribution in [1.29, 1.82) is 0 Å². The van der Waals surface area contributed by atoms with Gasteiger partial charge in [-0.1, -0.05) is 64.7 Å². The molecule has 342 valence electrons.